The van der Waals surface area contributed by atoms with Gasteiger partial charge in [0.05, 0.1) is 22.8 Å². The Bertz CT molecular complexity index is 703. The minimum atomic E-state index is -0.106. The van der Waals surface area contributed by atoms with Gasteiger partial charge < -0.3 is 10.1 Å². The van der Waals surface area contributed by atoms with Gasteiger partial charge in [0.25, 0.3) is 0 Å². The van der Waals surface area contributed by atoms with Crippen molar-refractivity contribution in [2.45, 2.75) is 38.3 Å². The van der Waals surface area contributed by atoms with Gasteiger partial charge in [-0.05, 0) is 38.8 Å². The van der Waals surface area contributed by atoms with Crippen LogP contribution in [0.4, 0.5) is 5.82 Å². The quantitative estimate of drug-likeness (QED) is 0.915. The van der Waals surface area contributed by atoms with Gasteiger partial charge in [0, 0.05) is 18.0 Å². The van der Waals surface area contributed by atoms with E-state index in [-0.39, 0.29) is 5.60 Å². The number of para-hydroxylation sites is 1. The van der Waals surface area contributed by atoms with Crippen LogP contribution in [0.3, 0.4) is 0 Å². The predicted molar refractivity (Wildman–Crippen MR) is 83.1 cm³/mol. The summed E-state index contributed by atoms with van der Waals surface area (Å²) in [6, 6.07) is 12.2. The Morgan fingerprint density at radius 2 is 2.19 bits per heavy atom. The summed E-state index contributed by atoms with van der Waals surface area (Å²) in [4.78, 5) is 4.62. The van der Waals surface area contributed by atoms with Crippen LogP contribution < -0.4 is 5.32 Å². The first-order valence-corrected chi connectivity index (χ1v) is 7.28. The fourth-order valence-electron chi connectivity index (χ4n) is 2.91. The Hall–Kier alpha value is -2.12. The van der Waals surface area contributed by atoms with Gasteiger partial charge in [-0.2, -0.15) is 5.26 Å². The van der Waals surface area contributed by atoms with Gasteiger partial charge in [-0.1, -0.05) is 18.2 Å². The van der Waals surface area contributed by atoms with Crippen LogP contribution in [0.25, 0.3) is 10.9 Å². The van der Waals surface area contributed by atoms with Crippen LogP contribution in [0.15, 0.2) is 30.3 Å². The zero-order valence-corrected chi connectivity index (χ0v) is 12.4. The highest BCUT2D eigenvalue weighted by molar-refractivity contribution is 5.86. The molecule has 1 N–H and O–H groups in total. The van der Waals surface area contributed by atoms with Gasteiger partial charge in [0.2, 0.25) is 0 Å². The second-order valence-corrected chi connectivity index (χ2v) is 6.13. The highest BCUT2D eigenvalue weighted by atomic mass is 16.5. The molecule has 1 saturated heterocycles. The second-order valence-electron chi connectivity index (χ2n) is 6.13. The van der Waals surface area contributed by atoms with E-state index in [9.17, 15) is 5.26 Å². The number of ether oxygens (including phenoxy) is 1. The van der Waals surface area contributed by atoms with Crippen LogP contribution in [0.2, 0.25) is 0 Å². The van der Waals surface area contributed by atoms with Crippen molar-refractivity contribution in [2.24, 2.45) is 0 Å². The molecule has 4 nitrogen and oxygen atoms in total. The van der Waals surface area contributed by atoms with Crippen molar-refractivity contribution in [1.29, 1.82) is 5.26 Å². The SMILES string of the molecule is CC1(C)CC(Nc2cc(C#N)c3ccccc3n2)CCO1. The maximum atomic E-state index is 9.32. The Balaban J connectivity index is 1.89. The molecule has 3 rings (SSSR count). The molecule has 2 aromatic rings. The standard InChI is InChI=1S/C17H19N3O/c1-17(2)10-13(7-8-21-17)19-16-9-12(11-18)14-5-3-4-6-15(14)20-16/h3-6,9,13H,7-8,10H2,1-2H3,(H,19,20). The molecule has 1 aliphatic rings. The van der Waals surface area contributed by atoms with E-state index in [0.717, 1.165) is 36.2 Å². The Kier molecular flexibility index (Phi) is 3.52. The number of benzene rings is 1. The summed E-state index contributed by atoms with van der Waals surface area (Å²) in [5, 5.41) is 13.7. The second kappa shape index (κ2) is 5.34. The third-order valence-electron chi connectivity index (χ3n) is 3.89. The van der Waals surface area contributed by atoms with Crippen LogP contribution in [0.1, 0.15) is 32.3 Å². The van der Waals surface area contributed by atoms with Crippen molar-refractivity contribution in [3.63, 3.8) is 0 Å². The molecular weight excluding hydrogens is 262 g/mol. The molecule has 0 aliphatic carbocycles. The molecule has 4 heteroatoms. The molecule has 1 aromatic heterocycles. The lowest BCUT2D eigenvalue weighted by molar-refractivity contribution is -0.0553. The first-order valence-electron chi connectivity index (χ1n) is 7.28. The van der Waals surface area contributed by atoms with Crippen LogP contribution >= 0.6 is 0 Å². The number of fused-ring (bicyclic) bond motifs is 1. The molecule has 0 amide bonds. The van der Waals surface area contributed by atoms with E-state index in [1.54, 1.807) is 0 Å². The van der Waals surface area contributed by atoms with Crippen molar-refractivity contribution < 1.29 is 4.74 Å². The maximum Gasteiger partial charge on any atom is 0.128 e. The molecule has 108 valence electrons. The first kappa shape index (κ1) is 13.8. The van der Waals surface area contributed by atoms with E-state index in [0.29, 0.717) is 11.6 Å². The molecule has 1 unspecified atom stereocenters. The zero-order valence-electron chi connectivity index (χ0n) is 12.4. The number of hydrogen-bond acceptors (Lipinski definition) is 4. The van der Waals surface area contributed by atoms with Gasteiger partial charge in [0.15, 0.2) is 0 Å². The Labute approximate surface area is 124 Å². The number of pyridine rings is 1. The average molecular weight is 281 g/mol. The summed E-state index contributed by atoms with van der Waals surface area (Å²) in [6.45, 7) is 4.97. The minimum Gasteiger partial charge on any atom is -0.375 e. The number of nitriles is 1. The monoisotopic (exact) mass is 281 g/mol. The molecule has 21 heavy (non-hydrogen) atoms. The molecular formula is C17H19N3O. The highest BCUT2D eigenvalue weighted by Gasteiger charge is 2.28. The van der Waals surface area contributed by atoms with Gasteiger partial charge in [0.1, 0.15) is 5.82 Å². The van der Waals surface area contributed by atoms with Gasteiger partial charge in [-0.15, -0.1) is 0 Å². The van der Waals surface area contributed by atoms with E-state index in [1.807, 2.05) is 30.3 Å². The van der Waals surface area contributed by atoms with Crippen LogP contribution in [-0.4, -0.2) is 23.2 Å². The number of anilines is 1. The molecule has 1 fully saturated rings. The Morgan fingerprint density at radius 1 is 1.38 bits per heavy atom. The molecule has 2 heterocycles. The van der Waals surface area contributed by atoms with Crippen molar-refractivity contribution in [2.75, 3.05) is 11.9 Å². The van der Waals surface area contributed by atoms with E-state index >= 15 is 0 Å². The van der Waals surface area contributed by atoms with E-state index in [2.05, 4.69) is 30.2 Å². The summed E-state index contributed by atoms with van der Waals surface area (Å²) in [5.74, 6) is 0.771. The summed E-state index contributed by atoms with van der Waals surface area (Å²) < 4.78 is 5.74. The zero-order chi connectivity index (χ0) is 14.9. The Morgan fingerprint density at radius 3 is 2.95 bits per heavy atom. The van der Waals surface area contributed by atoms with Crippen LogP contribution in [-0.2, 0) is 4.74 Å². The molecule has 0 saturated carbocycles. The van der Waals surface area contributed by atoms with Crippen LogP contribution in [0, 0.1) is 11.3 Å². The third kappa shape index (κ3) is 2.98. The predicted octanol–water partition coefficient (Wildman–Crippen LogP) is 3.48. The summed E-state index contributed by atoms with van der Waals surface area (Å²) in [5.41, 5.74) is 1.41. The molecule has 1 aromatic carbocycles. The summed E-state index contributed by atoms with van der Waals surface area (Å²) in [7, 11) is 0. The van der Waals surface area contributed by atoms with Crippen molar-refractivity contribution in [1.82, 2.24) is 4.98 Å². The normalized spacial score (nSPS) is 20.9. The van der Waals surface area contributed by atoms with Gasteiger partial charge >= 0.3 is 0 Å². The lowest BCUT2D eigenvalue weighted by atomic mass is 9.94. The van der Waals surface area contributed by atoms with Crippen molar-refractivity contribution >= 4 is 16.7 Å². The average Bonchev–Trinajstić information content (AvgIpc) is 2.45. The number of aromatic nitrogens is 1. The molecule has 1 aliphatic heterocycles. The smallest absolute Gasteiger partial charge is 0.128 e. The number of nitrogens with one attached hydrogen (secondary N) is 1. The summed E-state index contributed by atoms with van der Waals surface area (Å²) >= 11 is 0. The topological polar surface area (TPSA) is 57.9 Å². The fraction of sp³-hybridized carbons (Fsp3) is 0.412. The van der Waals surface area contributed by atoms with E-state index in [4.69, 9.17) is 4.74 Å². The lowest BCUT2D eigenvalue weighted by Gasteiger charge is -2.36. The number of hydrogen-bond donors (Lipinski definition) is 1. The van der Waals surface area contributed by atoms with E-state index < -0.39 is 0 Å². The lowest BCUT2D eigenvalue weighted by Crippen LogP contribution is -2.40. The van der Waals surface area contributed by atoms with E-state index in [1.165, 1.54) is 0 Å². The number of nitrogens with zero attached hydrogens (tertiary/aromatic N) is 2. The summed E-state index contributed by atoms with van der Waals surface area (Å²) in [6.07, 6.45) is 1.89. The minimum absolute atomic E-state index is 0.106. The third-order valence-corrected chi connectivity index (χ3v) is 3.89. The fourth-order valence-corrected chi connectivity index (χ4v) is 2.91. The molecule has 0 bridgehead atoms. The van der Waals surface area contributed by atoms with Crippen LogP contribution in [0.5, 0.6) is 0 Å². The molecule has 1 atom stereocenters. The largest absolute Gasteiger partial charge is 0.375 e. The number of rotatable bonds is 2. The molecule has 0 spiro atoms. The van der Waals surface area contributed by atoms with Gasteiger partial charge in [-0.3, -0.25) is 0 Å². The van der Waals surface area contributed by atoms with Gasteiger partial charge in [-0.25, -0.2) is 4.98 Å². The molecule has 0 radical (unpaired) electrons. The first-order chi connectivity index (χ1) is 10.1. The maximum absolute atomic E-state index is 9.32. The van der Waals surface area contributed by atoms with Crippen molar-refractivity contribution in [3.8, 4) is 6.07 Å². The van der Waals surface area contributed by atoms with Crippen molar-refractivity contribution in [3.05, 3.63) is 35.9 Å². The highest BCUT2D eigenvalue weighted by Crippen LogP contribution is 2.27.